The van der Waals surface area contributed by atoms with Crippen molar-refractivity contribution in [2.75, 3.05) is 0 Å². The Morgan fingerprint density at radius 3 is 2.09 bits per heavy atom. The van der Waals surface area contributed by atoms with Crippen molar-refractivity contribution < 1.29 is 9.59 Å². The Hall–Kier alpha value is -2.27. The molecule has 2 amide bonds. The SMILES string of the molecule is CC(NC(=O)C(Sc1ccccc1)c1ccccc1)C(N)=O. The van der Waals surface area contributed by atoms with E-state index in [9.17, 15) is 9.59 Å². The second-order valence-electron chi connectivity index (χ2n) is 4.85. The predicted octanol–water partition coefficient (Wildman–Crippen LogP) is 2.51. The van der Waals surface area contributed by atoms with Gasteiger partial charge >= 0.3 is 0 Å². The Balaban J connectivity index is 2.22. The van der Waals surface area contributed by atoms with Gasteiger partial charge in [0.05, 0.1) is 0 Å². The average Bonchev–Trinajstić information content (AvgIpc) is 2.54. The molecule has 0 spiro atoms. The monoisotopic (exact) mass is 314 g/mol. The van der Waals surface area contributed by atoms with E-state index < -0.39 is 17.2 Å². The maximum Gasteiger partial charge on any atom is 0.239 e. The van der Waals surface area contributed by atoms with Crippen molar-refractivity contribution >= 4 is 23.6 Å². The molecule has 5 heteroatoms. The summed E-state index contributed by atoms with van der Waals surface area (Å²) < 4.78 is 0. The van der Waals surface area contributed by atoms with E-state index in [1.165, 1.54) is 11.8 Å². The third kappa shape index (κ3) is 4.36. The quantitative estimate of drug-likeness (QED) is 0.805. The normalized spacial score (nSPS) is 13.1. The molecule has 0 fully saturated rings. The summed E-state index contributed by atoms with van der Waals surface area (Å²) in [7, 11) is 0. The largest absolute Gasteiger partial charge is 0.368 e. The van der Waals surface area contributed by atoms with Crippen LogP contribution in [0.5, 0.6) is 0 Å². The zero-order valence-corrected chi connectivity index (χ0v) is 13.0. The second-order valence-corrected chi connectivity index (χ2v) is 6.03. The first-order valence-corrected chi connectivity index (χ1v) is 7.82. The molecule has 2 aromatic rings. The molecule has 22 heavy (non-hydrogen) atoms. The number of carbonyl (C=O) groups excluding carboxylic acids is 2. The molecule has 0 bridgehead atoms. The zero-order valence-electron chi connectivity index (χ0n) is 12.2. The van der Waals surface area contributed by atoms with Gasteiger partial charge in [0.2, 0.25) is 11.8 Å². The van der Waals surface area contributed by atoms with E-state index in [4.69, 9.17) is 5.73 Å². The average molecular weight is 314 g/mol. The topological polar surface area (TPSA) is 72.2 Å². The van der Waals surface area contributed by atoms with E-state index in [-0.39, 0.29) is 5.91 Å². The molecule has 114 valence electrons. The first-order valence-electron chi connectivity index (χ1n) is 6.94. The van der Waals surface area contributed by atoms with Gasteiger partial charge in [0.15, 0.2) is 0 Å². The van der Waals surface area contributed by atoms with E-state index in [0.29, 0.717) is 0 Å². The Morgan fingerprint density at radius 1 is 1.00 bits per heavy atom. The van der Waals surface area contributed by atoms with Gasteiger partial charge < -0.3 is 11.1 Å². The molecular weight excluding hydrogens is 296 g/mol. The highest BCUT2D eigenvalue weighted by molar-refractivity contribution is 8.00. The van der Waals surface area contributed by atoms with Crippen LogP contribution in [0.25, 0.3) is 0 Å². The van der Waals surface area contributed by atoms with E-state index >= 15 is 0 Å². The lowest BCUT2D eigenvalue weighted by Crippen LogP contribution is -2.43. The molecule has 0 aliphatic heterocycles. The zero-order chi connectivity index (χ0) is 15.9. The Labute approximate surface area is 134 Å². The van der Waals surface area contributed by atoms with Crippen molar-refractivity contribution in [3.8, 4) is 0 Å². The standard InChI is InChI=1S/C17H18N2O2S/c1-12(16(18)20)19-17(21)15(13-8-4-2-5-9-13)22-14-10-6-3-7-11-14/h2-12,15H,1H3,(H2,18,20)(H,19,21). The van der Waals surface area contributed by atoms with Gasteiger partial charge in [-0.25, -0.2) is 0 Å². The molecule has 3 N–H and O–H groups in total. The van der Waals surface area contributed by atoms with Crippen molar-refractivity contribution in [2.24, 2.45) is 5.73 Å². The van der Waals surface area contributed by atoms with E-state index in [1.807, 2.05) is 60.7 Å². The fourth-order valence-electron chi connectivity index (χ4n) is 1.90. The number of hydrogen-bond donors (Lipinski definition) is 2. The Morgan fingerprint density at radius 2 is 1.55 bits per heavy atom. The number of nitrogens with one attached hydrogen (secondary N) is 1. The molecule has 2 atom stereocenters. The molecule has 0 aromatic heterocycles. The molecule has 2 unspecified atom stereocenters. The molecular formula is C17H18N2O2S. The van der Waals surface area contributed by atoms with Gasteiger partial charge in [-0.3, -0.25) is 9.59 Å². The number of hydrogen-bond acceptors (Lipinski definition) is 3. The molecule has 0 saturated heterocycles. The smallest absolute Gasteiger partial charge is 0.239 e. The van der Waals surface area contributed by atoms with E-state index in [2.05, 4.69) is 5.32 Å². The Bertz CT molecular complexity index is 632. The summed E-state index contributed by atoms with van der Waals surface area (Å²) in [6.45, 7) is 1.58. The molecule has 0 heterocycles. The van der Waals surface area contributed by atoms with Crippen LogP contribution in [-0.2, 0) is 9.59 Å². The number of benzene rings is 2. The van der Waals surface area contributed by atoms with Crippen molar-refractivity contribution in [3.05, 3.63) is 66.2 Å². The highest BCUT2D eigenvalue weighted by Crippen LogP contribution is 2.35. The van der Waals surface area contributed by atoms with Gasteiger partial charge in [-0.15, -0.1) is 11.8 Å². The molecule has 0 saturated carbocycles. The third-order valence-electron chi connectivity index (χ3n) is 3.12. The second kappa shape index (κ2) is 7.66. The van der Waals surface area contributed by atoms with Gasteiger partial charge in [0.25, 0.3) is 0 Å². The number of carbonyl (C=O) groups is 2. The summed E-state index contributed by atoms with van der Waals surface area (Å²) in [6.07, 6.45) is 0. The maximum absolute atomic E-state index is 12.5. The minimum absolute atomic E-state index is 0.230. The minimum atomic E-state index is -0.699. The van der Waals surface area contributed by atoms with Crippen molar-refractivity contribution in [3.63, 3.8) is 0 Å². The summed E-state index contributed by atoms with van der Waals surface area (Å²) in [4.78, 5) is 24.7. The summed E-state index contributed by atoms with van der Waals surface area (Å²) in [6, 6.07) is 18.4. The van der Waals surface area contributed by atoms with Crippen molar-refractivity contribution in [1.29, 1.82) is 0 Å². The minimum Gasteiger partial charge on any atom is -0.368 e. The Kier molecular flexibility index (Phi) is 5.61. The van der Waals surface area contributed by atoms with Gasteiger partial charge in [-0.05, 0) is 24.6 Å². The predicted molar refractivity (Wildman–Crippen MR) is 88.3 cm³/mol. The van der Waals surface area contributed by atoms with Crippen LogP contribution in [0.4, 0.5) is 0 Å². The first-order chi connectivity index (χ1) is 10.6. The molecule has 2 aromatic carbocycles. The molecule has 2 rings (SSSR count). The lowest BCUT2D eigenvalue weighted by Gasteiger charge is -2.19. The first kappa shape index (κ1) is 16.1. The lowest BCUT2D eigenvalue weighted by atomic mass is 10.1. The van der Waals surface area contributed by atoms with Gasteiger partial charge in [0.1, 0.15) is 11.3 Å². The van der Waals surface area contributed by atoms with Crippen LogP contribution in [0.1, 0.15) is 17.7 Å². The number of thioether (sulfide) groups is 1. The summed E-state index contributed by atoms with van der Waals surface area (Å²) >= 11 is 1.44. The van der Waals surface area contributed by atoms with Crippen LogP contribution < -0.4 is 11.1 Å². The van der Waals surface area contributed by atoms with Gasteiger partial charge in [-0.2, -0.15) is 0 Å². The number of primary amides is 1. The summed E-state index contributed by atoms with van der Waals surface area (Å²) in [5.74, 6) is -0.781. The molecule has 0 radical (unpaired) electrons. The summed E-state index contributed by atoms with van der Waals surface area (Å²) in [5.41, 5.74) is 6.10. The van der Waals surface area contributed by atoms with Crippen LogP contribution in [0.2, 0.25) is 0 Å². The third-order valence-corrected chi connectivity index (χ3v) is 4.39. The van der Waals surface area contributed by atoms with E-state index in [0.717, 1.165) is 10.5 Å². The maximum atomic E-state index is 12.5. The lowest BCUT2D eigenvalue weighted by molar-refractivity contribution is -0.126. The molecule has 0 aliphatic carbocycles. The highest BCUT2D eigenvalue weighted by Gasteiger charge is 2.24. The number of rotatable bonds is 6. The highest BCUT2D eigenvalue weighted by atomic mass is 32.2. The van der Waals surface area contributed by atoms with Gasteiger partial charge in [0, 0.05) is 4.90 Å². The number of amides is 2. The van der Waals surface area contributed by atoms with Crippen LogP contribution in [0, 0.1) is 0 Å². The summed E-state index contributed by atoms with van der Waals surface area (Å²) in [5, 5.41) is 2.22. The van der Waals surface area contributed by atoms with Crippen molar-refractivity contribution in [1.82, 2.24) is 5.32 Å². The van der Waals surface area contributed by atoms with Gasteiger partial charge in [-0.1, -0.05) is 48.5 Å². The fraction of sp³-hybridized carbons (Fsp3) is 0.176. The fourth-order valence-corrected chi connectivity index (χ4v) is 2.95. The molecule has 4 nitrogen and oxygen atoms in total. The van der Waals surface area contributed by atoms with Crippen molar-refractivity contribution in [2.45, 2.75) is 23.1 Å². The van der Waals surface area contributed by atoms with Crippen LogP contribution >= 0.6 is 11.8 Å². The number of nitrogens with two attached hydrogens (primary N) is 1. The van der Waals surface area contributed by atoms with E-state index in [1.54, 1.807) is 6.92 Å². The molecule has 0 aliphatic rings. The van der Waals surface area contributed by atoms with Crippen LogP contribution in [-0.4, -0.2) is 17.9 Å². The van der Waals surface area contributed by atoms with Crippen LogP contribution in [0.3, 0.4) is 0 Å². The van der Waals surface area contributed by atoms with Crippen LogP contribution in [0.15, 0.2) is 65.6 Å².